The zero-order chi connectivity index (χ0) is 21.1. The van der Waals surface area contributed by atoms with Gasteiger partial charge in [-0.1, -0.05) is 50.3 Å². The second-order valence-electron chi connectivity index (χ2n) is 9.89. The van der Waals surface area contributed by atoms with Crippen LogP contribution < -0.4 is 0 Å². The summed E-state index contributed by atoms with van der Waals surface area (Å²) in [6, 6.07) is 18.7. The van der Waals surface area contributed by atoms with Crippen molar-refractivity contribution in [1.29, 1.82) is 0 Å². The van der Waals surface area contributed by atoms with E-state index >= 15 is 0 Å². The van der Waals surface area contributed by atoms with Crippen molar-refractivity contribution in [2.75, 3.05) is 0 Å². The average Bonchev–Trinajstić information content (AvgIpc) is 3.32. The molecule has 31 heavy (non-hydrogen) atoms. The van der Waals surface area contributed by atoms with Crippen LogP contribution in [0.3, 0.4) is 0 Å². The van der Waals surface area contributed by atoms with E-state index in [1.165, 1.54) is 66.2 Å². The van der Waals surface area contributed by atoms with Crippen LogP contribution in [0.15, 0.2) is 54.6 Å². The second-order valence-corrected chi connectivity index (χ2v) is 9.89. The summed E-state index contributed by atoms with van der Waals surface area (Å²) in [5.41, 5.74) is 12.6. The maximum atomic E-state index is 2.46. The molecule has 0 amide bonds. The quantitative estimate of drug-likeness (QED) is 0.262. The molecule has 0 N–H and O–H groups in total. The molecule has 0 aliphatic heterocycles. The molecule has 2 aliphatic carbocycles. The molecule has 0 unspecified atom stereocenters. The van der Waals surface area contributed by atoms with Crippen molar-refractivity contribution in [2.45, 2.75) is 32.1 Å². The van der Waals surface area contributed by atoms with Gasteiger partial charge in [-0.15, -0.1) is 0 Å². The van der Waals surface area contributed by atoms with Gasteiger partial charge in [-0.3, -0.25) is 0 Å². The van der Waals surface area contributed by atoms with Crippen LogP contribution in [-0.4, -0.2) is 9.13 Å². The number of rotatable bonds is 0. The predicted molar refractivity (Wildman–Crippen MR) is 132 cm³/mol. The van der Waals surface area contributed by atoms with Gasteiger partial charge in [0.2, 0.25) is 0 Å². The van der Waals surface area contributed by atoms with E-state index in [0.29, 0.717) is 0 Å². The molecule has 2 heteroatoms. The number of nitrogens with zero attached hydrogens (tertiary/aromatic N) is 2. The van der Waals surface area contributed by atoms with Crippen LogP contribution >= 0.6 is 0 Å². The lowest BCUT2D eigenvalue weighted by molar-refractivity contribution is 0.661. The first kappa shape index (κ1) is 17.4. The summed E-state index contributed by atoms with van der Waals surface area (Å²) < 4.78 is 4.80. The summed E-state index contributed by atoms with van der Waals surface area (Å²) in [6.45, 7) is 4.72. The van der Waals surface area contributed by atoms with Crippen molar-refractivity contribution >= 4 is 38.8 Å². The van der Waals surface area contributed by atoms with Crippen LogP contribution in [0, 0.1) is 0 Å². The highest BCUT2D eigenvalue weighted by molar-refractivity contribution is 6.15. The molecule has 2 heterocycles. The van der Waals surface area contributed by atoms with E-state index < -0.39 is 0 Å². The van der Waals surface area contributed by atoms with Gasteiger partial charge in [-0.25, -0.2) is 0 Å². The van der Waals surface area contributed by atoms with E-state index in [1.807, 2.05) is 0 Å². The first-order valence-electron chi connectivity index (χ1n) is 11.3. The predicted octanol–water partition coefficient (Wildman–Crippen LogP) is 7.09. The van der Waals surface area contributed by atoms with Crippen LogP contribution in [0.5, 0.6) is 0 Å². The van der Waals surface area contributed by atoms with Gasteiger partial charge < -0.3 is 9.13 Å². The minimum atomic E-state index is 0.0329. The molecule has 0 fully saturated rings. The van der Waals surface area contributed by atoms with E-state index in [4.69, 9.17) is 0 Å². The number of aromatic nitrogens is 2. The maximum Gasteiger partial charge on any atom is 0.0510 e. The number of hydrogen-bond acceptors (Lipinski definition) is 0. The fourth-order valence-electron chi connectivity index (χ4n) is 6.31. The van der Waals surface area contributed by atoms with Crippen molar-refractivity contribution in [3.63, 3.8) is 0 Å². The first-order chi connectivity index (χ1) is 15.0. The molecular weight excluding hydrogens is 376 g/mol. The van der Waals surface area contributed by atoms with Crippen LogP contribution in [0.25, 0.3) is 49.9 Å². The Labute approximate surface area is 182 Å². The highest BCUT2D eigenvalue weighted by Gasteiger charge is 2.36. The Morgan fingerprint density at radius 3 is 2.35 bits per heavy atom. The third kappa shape index (κ3) is 1.99. The Balaban J connectivity index is 1.62. The van der Waals surface area contributed by atoms with Crippen molar-refractivity contribution in [3.05, 3.63) is 77.0 Å². The van der Waals surface area contributed by atoms with Gasteiger partial charge in [0.1, 0.15) is 0 Å². The average molecular weight is 403 g/mol. The van der Waals surface area contributed by atoms with E-state index in [1.54, 1.807) is 0 Å². The number of hydrogen-bond donors (Lipinski definition) is 0. The number of benzene rings is 3. The van der Waals surface area contributed by atoms with Gasteiger partial charge in [-0.05, 0) is 59.4 Å². The normalized spacial score (nSPS) is 16.3. The smallest absolute Gasteiger partial charge is 0.0510 e. The Morgan fingerprint density at radius 1 is 0.742 bits per heavy atom. The molecule has 3 aromatic carbocycles. The number of fused-ring (bicyclic) bond motifs is 9. The molecule has 152 valence electrons. The zero-order valence-corrected chi connectivity index (χ0v) is 18.6. The molecular formula is C29H26N2. The van der Waals surface area contributed by atoms with Crippen LogP contribution in [0.1, 0.15) is 42.7 Å². The summed E-state index contributed by atoms with van der Waals surface area (Å²) in [5, 5.41) is 4.11. The Kier molecular flexibility index (Phi) is 3.09. The highest BCUT2D eigenvalue weighted by atomic mass is 15.0. The summed E-state index contributed by atoms with van der Waals surface area (Å²) in [5.74, 6) is 0. The largest absolute Gasteiger partial charge is 0.347 e. The monoisotopic (exact) mass is 402 g/mol. The van der Waals surface area contributed by atoms with Crippen LogP contribution in [0.4, 0.5) is 0 Å². The van der Waals surface area contributed by atoms with Gasteiger partial charge in [0, 0.05) is 52.4 Å². The number of aryl methyl sites for hydroxylation is 2. The molecule has 0 saturated heterocycles. The first-order valence-corrected chi connectivity index (χ1v) is 11.3. The van der Waals surface area contributed by atoms with E-state index in [9.17, 15) is 0 Å². The standard InChI is InChI=1S/C29H26N2/c1-29(2)23-11-7-5-9-17(23)19-13-21-22-14-20-18-10-6-8-12-25(18)30(3)27(20)16-28(22)31(4)26(21)15-24(19)29/h5-7,9-11,13-16H,8,12H2,1-4H3. The molecule has 0 bridgehead atoms. The van der Waals surface area contributed by atoms with Gasteiger partial charge in [0.25, 0.3) is 0 Å². The SMILES string of the molecule is Cn1c2c(c3cc4c5cc6c(cc5n(C)c4cc31)C(C)(C)c1ccccc1-6)C=CCC2. The number of allylic oxidation sites excluding steroid dienone is 1. The third-order valence-electron chi connectivity index (χ3n) is 8.03. The van der Waals surface area contributed by atoms with E-state index in [0.717, 1.165) is 12.8 Å². The summed E-state index contributed by atoms with van der Waals surface area (Å²) in [7, 11) is 4.45. The minimum absolute atomic E-state index is 0.0329. The molecule has 0 spiro atoms. The lowest BCUT2D eigenvalue weighted by Crippen LogP contribution is -2.14. The molecule has 0 radical (unpaired) electrons. The maximum absolute atomic E-state index is 2.46. The molecule has 2 aromatic heterocycles. The van der Waals surface area contributed by atoms with Gasteiger partial charge in [0.05, 0.1) is 11.0 Å². The van der Waals surface area contributed by atoms with Crippen LogP contribution in [0.2, 0.25) is 0 Å². The topological polar surface area (TPSA) is 9.86 Å². The third-order valence-corrected chi connectivity index (χ3v) is 8.03. The highest BCUT2D eigenvalue weighted by Crippen LogP contribution is 2.50. The van der Waals surface area contributed by atoms with Gasteiger partial charge >= 0.3 is 0 Å². The van der Waals surface area contributed by atoms with E-state index in [2.05, 4.69) is 97.8 Å². The van der Waals surface area contributed by atoms with Gasteiger partial charge in [-0.2, -0.15) is 0 Å². The van der Waals surface area contributed by atoms with Crippen molar-refractivity contribution in [1.82, 2.24) is 9.13 Å². The molecule has 0 atom stereocenters. The van der Waals surface area contributed by atoms with Crippen LogP contribution in [-0.2, 0) is 25.9 Å². The Bertz CT molecular complexity index is 1620. The lowest BCUT2D eigenvalue weighted by atomic mass is 9.82. The van der Waals surface area contributed by atoms with Gasteiger partial charge in [0.15, 0.2) is 0 Å². The summed E-state index contributed by atoms with van der Waals surface area (Å²) >= 11 is 0. The van der Waals surface area contributed by atoms with Crippen molar-refractivity contribution in [3.8, 4) is 11.1 Å². The van der Waals surface area contributed by atoms with E-state index in [-0.39, 0.29) is 5.41 Å². The molecule has 7 rings (SSSR count). The molecule has 2 nitrogen and oxygen atoms in total. The fourth-order valence-corrected chi connectivity index (χ4v) is 6.31. The Hall–Kier alpha value is -3.26. The second kappa shape index (κ2) is 5.50. The Morgan fingerprint density at radius 2 is 1.48 bits per heavy atom. The fraction of sp³-hybridized carbons (Fsp3) is 0.241. The minimum Gasteiger partial charge on any atom is -0.347 e. The zero-order valence-electron chi connectivity index (χ0n) is 18.6. The molecule has 0 saturated carbocycles. The van der Waals surface area contributed by atoms with Crippen molar-refractivity contribution < 1.29 is 0 Å². The summed E-state index contributed by atoms with van der Waals surface area (Å²) in [4.78, 5) is 0. The lowest BCUT2D eigenvalue weighted by Gasteiger charge is -2.21. The molecule has 5 aromatic rings. The van der Waals surface area contributed by atoms with Crippen molar-refractivity contribution in [2.24, 2.45) is 14.1 Å². The summed E-state index contributed by atoms with van der Waals surface area (Å²) in [6.07, 6.45) is 6.92. The molecule has 2 aliphatic rings.